The van der Waals surface area contributed by atoms with Crippen molar-refractivity contribution in [2.75, 3.05) is 0 Å². The topological polar surface area (TPSA) is 42.2 Å². The van der Waals surface area contributed by atoms with Crippen molar-refractivity contribution in [1.82, 2.24) is 4.57 Å². The highest BCUT2D eigenvalue weighted by Crippen LogP contribution is 2.37. The van der Waals surface area contributed by atoms with Crippen LogP contribution in [0.1, 0.15) is 38.9 Å². The highest BCUT2D eigenvalue weighted by Gasteiger charge is 2.18. The molecule has 0 radical (unpaired) electrons. The van der Waals surface area contributed by atoms with Crippen molar-refractivity contribution < 1.29 is 14.3 Å². The van der Waals surface area contributed by atoms with Crippen LogP contribution in [0.25, 0.3) is 28.1 Å². The van der Waals surface area contributed by atoms with Crippen LogP contribution in [0.3, 0.4) is 0 Å². The second kappa shape index (κ2) is 7.89. The number of carbonyl (C=O) groups excluding carboxylic acids is 1. The predicted octanol–water partition coefficient (Wildman–Crippen LogP) is 5.38. The summed E-state index contributed by atoms with van der Waals surface area (Å²) in [7, 11) is 0. The fourth-order valence-corrected chi connectivity index (χ4v) is 3.49. The Hall–Kier alpha value is -2.72. The van der Waals surface area contributed by atoms with Crippen LogP contribution in [-0.4, -0.2) is 21.6 Å². The molecule has 0 saturated heterocycles. The van der Waals surface area contributed by atoms with Crippen molar-refractivity contribution in [3.05, 3.63) is 66.1 Å². The maximum atomic E-state index is 13.4. The van der Waals surface area contributed by atoms with Gasteiger partial charge in [0.05, 0.1) is 6.10 Å². The fourth-order valence-electron chi connectivity index (χ4n) is 3.49. The van der Waals surface area contributed by atoms with Crippen LogP contribution in [-0.2, 0) is 4.79 Å². The zero-order chi connectivity index (χ0) is 19.6. The van der Waals surface area contributed by atoms with Crippen LogP contribution >= 0.6 is 0 Å². The Morgan fingerprint density at radius 1 is 1.15 bits per heavy atom. The molecule has 27 heavy (non-hydrogen) atoms. The minimum atomic E-state index is -0.831. The van der Waals surface area contributed by atoms with E-state index in [1.165, 1.54) is 19.1 Å². The molecule has 0 aliphatic carbocycles. The highest BCUT2D eigenvalue weighted by atomic mass is 19.1. The van der Waals surface area contributed by atoms with Crippen molar-refractivity contribution in [3.8, 4) is 11.1 Å². The number of hydrogen-bond acceptors (Lipinski definition) is 2. The normalized spacial score (nSPS) is 13.0. The van der Waals surface area contributed by atoms with E-state index < -0.39 is 6.10 Å². The number of para-hydroxylation sites is 1. The van der Waals surface area contributed by atoms with E-state index in [4.69, 9.17) is 0 Å². The van der Waals surface area contributed by atoms with E-state index in [2.05, 4.69) is 30.5 Å². The quantitative estimate of drug-likeness (QED) is 0.637. The standard InChI is InChI=1S/C23H24FNO2/c1-15(2)25-21-7-5-4-6-20(21)23(17-8-10-18(24)11-9-17)22(25)13-12-19(27)14-16(3)26/h4-13,15,19,27H,14H2,1-3H3. The first-order valence-corrected chi connectivity index (χ1v) is 9.13. The lowest BCUT2D eigenvalue weighted by molar-refractivity contribution is -0.118. The molecule has 0 amide bonds. The SMILES string of the molecule is CC(=O)CC(O)C=Cc1c(-c2ccc(F)cc2)c2ccccc2n1C(C)C. The number of aliphatic hydroxyl groups is 1. The van der Waals surface area contributed by atoms with Crippen molar-refractivity contribution >= 4 is 22.8 Å². The Kier molecular flexibility index (Phi) is 5.57. The van der Waals surface area contributed by atoms with Gasteiger partial charge < -0.3 is 9.67 Å². The Labute approximate surface area is 158 Å². The summed E-state index contributed by atoms with van der Waals surface area (Å²) in [5.74, 6) is -0.337. The lowest BCUT2D eigenvalue weighted by Gasteiger charge is -2.14. The highest BCUT2D eigenvalue weighted by molar-refractivity contribution is 6.01. The van der Waals surface area contributed by atoms with E-state index in [1.807, 2.05) is 18.2 Å². The summed E-state index contributed by atoms with van der Waals surface area (Å²) >= 11 is 0. The van der Waals surface area contributed by atoms with Gasteiger partial charge in [0, 0.05) is 34.6 Å². The first-order chi connectivity index (χ1) is 12.9. The van der Waals surface area contributed by atoms with E-state index in [-0.39, 0.29) is 24.1 Å². The number of ketones is 1. The molecule has 4 heteroatoms. The molecular formula is C23H24FNO2. The molecule has 1 heterocycles. The Morgan fingerprint density at radius 2 is 1.81 bits per heavy atom. The van der Waals surface area contributed by atoms with E-state index >= 15 is 0 Å². The molecule has 0 spiro atoms. The summed E-state index contributed by atoms with van der Waals surface area (Å²) in [6.07, 6.45) is 2.78. The van der Waals surface area contributed by atoms with Crippen LogP contribution in [0.5, 0.6) is 0 Å². The predicted molar refractivity (Wildman–Crippen MR) is 108 cm³/mol. The number of halogens is 1. The molecule has 3 nitrogen and oxygen atoms in total. The monoisotopic (exact) mass is 365 g/mol. The summed E-state index contributed by atoms with van der Waals surface area (Å²) < 4.78 is 15.6. The Balaban J connectivity index is 2.24. The van der Waals surface area contributed by atoms with Gasteiger partial charge in [-0.05, 0) is 50.6 Å². The summed E-state index contributed by atoms with van der Waals surface area (Å²) in [6, 6.07) is 14.7. The molecule has 1 unspecified atom stereocenters. The zero-order valence-electron chi connectivity index (χ0n) is 15.8. The first-order valence-electron chi connectivity index (χ1n) is 9.13. The van der Waals surface area contributed by atoms with Gasteiger partial charge in [0.25, 0.3) is 0 Å². The smallest absolute Gasteiger partial charge is 0.132 e. The number of hydrogen-bond donors (Lipinski definition) is 1. The Bertz CT molecular complexity index is 984. The zero-order valence-corrected chi connectivity index (χ0v) is 15.8. The van der Waals surface area contributed by atoms with Gasteiger partial charge in [-0.3, -0.25) is 4.79 Å². The molecule has 1 N–H and O–H groups in total. The van der Waals surface area contributed by atoms with Gasteiger partial charge in [-0.15, -0.1) is 0 Å². The van der Waals surface area contributed by atoms with Crippen molar-refractivity contribution in [2.45, 2.75) is 39.3 Å². The average molecular weight is 365 g/mol. The molecule has 1 atom stereocenters. The summed E-state index contributed by atoms with van der Waals surface area (Å²) in [4.78, 5) is 11.3. The van der Waals surface area contributed by atoms with E-state index in [1.54, 1.807) is 18.2 Å². The summed E-state index contributed by atoms with van der Waals surface area (Å²) in [5.41, 5.74) is 3.91. The number of benzene rings is 2. The molecule has 2 aromatic carbocycles. The van der Waals surface area contributed by atoms with Gasteiger partial charge in [-0.2, -0.15) is 0 Å². The molecular weight excluding hydrogens is 341 g/mol. The third-order valence-corrected chi connectivity index (χ3v) is 4.57. The fraction of sp³-hybridized carbons (Fsp3) is 0.261. The van der Waals surface area contributed by atoms with Crippen LogP contribution in [0, 0.1) is 5.82 Å². The first kappa shape index (κ1) is 19.1. The number of Topliss-reactive ketones (excluding diaryl/α,β-unsaturated/α-hetero) is 1. The van der Waals surface area contributed by atoms with Gasteiger partial charge in [0.2, 0.25) is 0 Å². The molecule has 0 bridgehead atoms. The lowest BCUT2D eigenvalue weighted by Crippen LogP contribution is -2.08. The lowest BCUT2D eigenvalue weighted by atomic mass is 10.0. The van der Waals surface area contributed by atoms with Crippen LogP contribution < -0.4 is 0 Å². The second-order valence-corrected chi connectivity index (χ2v) is 7.08. The number of carbonyl (C=O) groups is 1. The maximum absolute atomic E-state index is 13.4. The third-order valence-electron chi connectivity index (χ3n) is 4.57. The van der Waals surface area contributed by atoms with Crippen LogP contribution in [0.2, 0.25) is 0 Å². The van der Waals surface area contributed by atoms with E-state index in [0.29, 0.717) is 0 Å². The van der Waals surface area contributed by atoms with Gasteiger partial charge in [-0.25, -0.2) is 4.39 Å². The number of rotatable bonds is 6. The summed E-state index contributed by atoms with van der Waals surface area (Å²) in [5, 5.41) is 11.2. The second-order valence-electron chi connectivity index (χ2n) is 7.08. The van der Waals surface area contributed by atoms with Gasteiger partial charge in [0.1, 0.15) is 11.6 Å². The molecule has 140 valence electrons. The largest absolute Gasteiger partial charge is 0.389 e. The molecule has 0 aliphatic rings. The number of nitrogens with zero attached hydrogens (tertiary/aromatic N) is 1. The minimum absolute atomic E-state index is 0.0599. The molecule has 1 aromatic heterocycles. The van der Waals surface area contributed by atoms with Crippen molar-refractivity contribution in [2.24, 2.45) is 0 Å². The van der Waals surface area contributed by atoms with Crippen molar-refractivity contribution in [1.29, 1.82) is 0 Å². The van der Waals surface area contributed by atoms with Crippen molar-refractivity contribution in [3.63, 3.8) is 0 Å². The molecule has 0 fully saturated rings. The van der Waals surface area contributed by atoms with E-state index in [9.17, 15) is 14.3 Å². The minimum Gasteiger partial charge on any atom is -0.389 e. The average Bonchev–Trinajstić information content (AvgIpc) is 2.94. The molecule has 0 saturated carbocycles. The molecule has 0 aliphatic heterocycles. The van der Waals surface area contributed by atoms with Crippen LogP contribution in [0.15, 0.2) is 54.6 Å². The number of aromatic nitrogens is 1. The van der Waals surface area contributed by atoms with Crippen LogP contribution in [0.4, 0.5) is 4.39 Å². The number of fused-ring (bicyclic) bond motifs is 1. The van der Waals surface area contributed by atoms with E-state index in [0.717, 1.165) is 27.7 Å². The van der Waals surface area contributed by atoms with Gasteiger partial charge >= 0.3 is 0 Å². The third kappa shape index (κ3) is 4.01. The molecule has 3 rings (SSSR count). The van der Waals surface area contributed by atoms with Gasteiger partial charge in [-0.1, -0.05) is 36.4 Å². The summed E-state index contributed by atoms with van der Waals surface area (Å²) in [6.45, 7) is 5.67. The van der Waals surface area contributed by atoms with Gasteiger partial charge in [0.15, 0.2) is 0 Å². The molecule has 3 aromatic rings. The maximum Gasteiger partial charge on any atom is 0.132 e. The number of aliphatic hydroxyl groups excluding tert-OH is 1. The Morgan fingerprint density at radius 3 is 2.44 bits per heavy atom.